The highest BCUT2D eigenvalue weighted by Gasteiger charge is 2.45. The molecule has 1 saturated heterocycles. The first-order valence-electron chi connectivity index (χ1n) is 3.64. The first-order valence-corrected chi connectivity index (χ1v) is 3.64. The molecular formula is C7H10F2O3. The van der Waals surface area contributed by atoms with E-state index in [-0.39, 0.29) is 19.6 Å². The number of carboxylic acid groups (broad SMARTS) is 1. The van der Waals surface area contributed by atoms with Gasteiger partial charge in [-0.3, -0.25) is 4.79 Å². The second-order valence-corrected chi connectivity index (χ2v) is 3.04. The highest BCUT2D eigenvalue weighted by atomic mass is 19.3. The Kier molecular flexibility index (Phi) is 2.62. The molecule has 5 heteroatoms. The molecule has 1 unspecified atom stereocenters. The largest absolute Gasteiger partial charge is 0.481 e. The summed E-state index contributed by atoms with van der Waals surface area (Å²) in [5, 5.41) is 8.40. The third-order valence-electron chi connectivity index (χ3n) is 2.10. The summed E-state index contributed by atoms with van der Waals surface area (Å²) >= 11 is 0. The second kappa shape index (κ2) is 3.35. The predicted molar refractivity (Wildman–Crippen MR) is 36.1 cm³/mol. The Morgan fingerprint density at radius 3 is 2.67 bits per heavy atom. The molecule has 70 valence electrons. The van der Waals surface area contributed by atoms with Crippen molar-refractivity contribution in [1.29, 1.82) is 0 Å². The SMILES string of the molecule is O=C(O)CC1(C(F)F)CCOC1. The summed E-state index contributed by atoms with van der Waals surface area (Å²) in [5.74, 6) is -1.19. The molecule has 1 N–H and O–H groups in total. The van der Waals surface area contributed by atoms with Gasteiger partial charge in [-0.25, -0.2) is 8.78 Å². The van der Waals surface area contributed by atoms with Crippen LogP contribution in [0.15, 0.2) is 0 Å². The molecule has 1 aliphatic rings. The average Bonchev–Trinajstić information content (AvgIpc) is 2.35. The van der Waals surface area contributed by atoms with Crippen LogP contribution in [0.1, 0.15) is 12.8 Å². The van der Waals surface area contributed by atoms with Gasteiger partial charge in [0.1, 0.15) is 0 Å². The van der Waals surface area contributed by atoms with Crippen LogP contribution in [0.2, 0.25) is 0 Å². The zero-order valence-corrected chi connectivity index (χ0v) is 6.43. The fourth-order valence-corrected chi connectivity index (χ4v) is 1.31. The molecule has 0 aromatic carbocycles. The maximum absolute atomic E-state index is 12.4. The van der Waals surface area contributed by atoms with Crippen molar-refractivity contribution in [2.75, 3.05) is 13.2 Å². The van der Waals surface area contributed by atoms with Gasteiger partial charge in [0.25, 0.3) is 0 Å². The van der Waals surface area contributed by atoms with Crippen LogP contribution in [0, 0.1) is 5.41 Å². The molecule has 0 radical (unpaired) electrons. The Bertz CT molecular complexity index is 175. The van der Waals surface area contributed by atoms with E-state index in [0.29, 0.717) is 0 Å². The summed E-state index contributed by atoms with van der Waals surface area (Å²) < 4.78 is 29.6. The molecule has 1 fully saturated rings. The van der Waals surface area contributed by atoms with Gasteiger partial charge < -0.3 is 9.84 Å². The van der Waals surface area contributed by atoms with E-state index < -0.39 is 24.2 Å². The molecule has 0 spiro atoms. The molecule has 0 saturated carbocycles. The van der Waals surface area contributed by atoms with Gasteiger partial charge in [0.2, 0.25) is 6.43 Å². The van der Waals surface area contributed by atoms with Crippen LogP contribution < -0.4 is 0 Å². The maximum atomic E-state index is 12.4. The smallest absolute Gasteiger partial charge is 0.304 e. The van der Waals surface area contributed by atoms with Crippen molar-refractivity contribution < 1.29 is 23.4 Å². The summed E-state index contributed by atoms with van der Waals surface area (Å²) in [4.78, 5) is 10.3. The monoisotopic (exact) mass is 180 g/mol. The second-order valence-electron chi connectivity index (χ2n) is 3.04. The lowest BCUT2D eigenvalue weighted by atomic mass is 9.84. The first-order chi connectivity index (χ1) is 5.57. The highest BCUT2D eigenvalue weighted by molar-refractivity contribution is 5.67. The summed E-state index contributed by atoms with van der Waals surface area (Å²) in [7, 11) is 0. The number of carboxylic acids is 1. The fraction of sp³-hybridized carbons (Fsp3) is 0.857. The van der Waals surface area contributed by atoms with Crippen LogP contribution >= 0.6 is 0 Å². The van der Waals surface area contributed by atoms with Crippen LogP contribution in [-0.2, 0) is 9.53 Å². The molecule has 0 aliphatic carbocycles. The zero-order chi connectivity index (χ0) is 9.19. The summed E-state index contributed by atoms with van der Waals surface area (Å²) in [6, 6.07) is 0. The molecule has 0 bridgehead atoms. The van der Waals surface area contributed by atoms with Gasteiger partial charge in [0, 0.05) is 6.61 Å². The number of carbonyl (C=O) groups is 1. The Labute approximate surface area is 68.3 Å². The lowest BCUT2D eigenvalue weighted by Crippen LogP contribution is -2.32. The van der Waals surface area contributed by atoms with Crippen LogP contribution in [0.25, 0.3) is 0 Å². The molecule has 1 heterocycles. The molecule has 0 aromatic rings. The normalized spacial score (nSPS) is 29.6. The minimum Gasteiger partial charge on any atom is -0.481 e. The Morgan fingerprint density at radius 1 is 1.67 bits per heavy atom. The highest BCUT2D eigenvalue weighted by Crippen LogP contribution is 2.38. The van der Waals surface area contributed by atoms with E-state index in [0.717, 1.165) is 0 Å². The van der Waals surface area contributed by atoms with Crippen LogP contribution in [0.4, 0.5) is 8.78 Å². The quantitative estimate of drug-likeness (QED) is 0.708. The van der Waals surface area contributed by atoms with E-state index in [9.17, 15) is 13.6 Å². The van der Waals surface area contributed by atoms with Crippen molar-refractivity contribution in [3.63, 3.8) is 0 Å². The summed E-state index contributed by atoms with van der Waals surface area (Å²) in [5.41, 5.74) is -1.44. The van der Waals surface area contributed by atoms with Gasteiger partial charge in [-0.05, 0) is 6.42 Å². The molecule has 0 aromatic heterocycles. The molecule has 3 nitrogen and oxygen atoms in total. The van der Waals surface area contributed by atoms with E-state index in [1.54, 1.807) is 0 Å². The summed E-state index contributed by atoms with van der Waals surface area (Å²) in [6.07, 6.45) is -2.99. The van der Waals surface area contributed by atoms with Crippen molar-refractivity contribution in [1.82, 2.24) is 0 Å². The van der Waals surface area contributed by atoms with Gasteiger partial charge in [0.05, 0.1) is 18.4 Å². The van der Waals surface area contributed by atoms with Gasteiger partial charge in [0.15, 0.2) is 0 Å². The van der Waals surface area contributed by atoms with Crippen molar-refractivity contribution in [2.24, 2.45) is 5.41 Å². The predicted octanol–water partition coefficient (Wildman–Crippen LogP) is 1.13. The molecule has 0 amide bonds. The Hall–Kier alpha value is -0.710. The molecule has 1 aliphatic heterocycles. The van der Waals surface area contributed by atoms with E-state index >= 15 is 0 Å². The van der Waals surface area contributed by atoms with Crippen LogP contribution in [0.3, 0.4) is 0 Å². The molecular weight excluding hydrogens is 170 g/mol. The van der Waals surface area contributed by atoms with Crippen molar-refractivity contribution in [3.05, 3.63) is 0 Å². The van der Waals surface area contributed by atoms with Gasteiger partial charge >= 0.3 is 5.97 Å². The van der Waals surface area contributed by atoms with Crippen LogP contribution in [0.5, 0.6) is 0 Å². The lowest BCUT2D eigenvalue weighted by molar-refractivity contribution is -0.143. The zero-order valence-electron chi connectivity index (χ0n) is 6.43. The number of alkyl halides is 2. The minimum absolute atomic E-state index is 0.136. The number of ether oxygens (including phenoxy) is 1. The van der Waals surface area contributed by atoms with Gasteiger partial charge in [-0.15, -0.1) is 0 Å². The number of hydrogen-bond acceptors (Lipinski definition) is 2. The number of rotatable bonds is 3. The lowest BCUT2D eigenvalue weighted by Gasteiger charge is -2.23. The van der Waals surface area contributed by atoms with Gasteiger partial charge in [-0.2, -0.15) is 0 Å². The third-order valence-corrected chi connectivity index (χ3v) is 2.10. The van der Waals surface area contributed by atoms with E-state index in [1.165, 1.54) is 0 Å². The minimum atomic E-state index is -2.61. The average molecular weight is 180 g/mol. The standard InChI is InChI=1S/C7H10F2O3/c8-6(9)7(3-5(10)11)1-2-12-4-7/h6H,1-4H2,(H,10,11). The van der Waals surface area contributed by atoms with Crippen molar-refractivity contribution in [3.8, 4) is 0 Å². The Morgan fingerprint density at radius 2 is 2.33 bits per heavy atom. The number of hydrogen-bond donors (Lipinski definition) is 1. The van der Waals surface area contributed by atoms with E-state index in [4.69, 9.17) is 9.84 Å². The van der Waals surface area contributed by atoms with Crippen molar-refractivity contribution in [2.45, 2.75) is 19.3 Å². The van der Waals surface area contributed by atoms with E-state index in [1.807, 2.05) is 0 Å². The number of halogens is 2. The van der Waals surface area contributed by atoms with Gasteiger partial charge in [-0.1, -0.05) is 0 Å². The fourth-order valence-electron chi connectivity index (χ4n) is 1.31. The Balaban J connectivity index is 2.65. The molecule has 12 heavy (non-hydrogen) atoms. The topological polar surface area (TPSA) is 46.5 Å². The number of aliphatic carboxylic acids is 1. The maximum Gasteiger partial charge on any atom is 0.304 e. The molecule has 1 atom stereocenters. The third kappa shape index (κ3) is 1.72. The molecule has 1 rings (SSSR count). The van der Waals surface area contributed by atoms with Crippen LogP contribution in [-0.4, -0.2) is 30.7 Å². The van der Waals surface area contributed by atoms with Crippen molar-refractivity contribution >= 4 is 5.97 Å². The summed E-state index contributed by atoms with van der Waals surface area (Å²) in [6.45, 7) is 0.0919. The first kappa shape index (κ1) is 9.38. The van der Waals surface area contributed by atoms with E-state index in [2.05, 4.69) is 0 Å².